The number of para-hydroxylation sites is 2. The average molecular weight is 462 g/mol. The van der Waals surface area contributed by atoms with E-state index in [0.717, 1.165) is 31.4 Å². The number of carbonyl (C=O) groups is 1. The van der Waals surface area contributed by atoms with Gasteiger partial charge in [-0.25, -0.2) is 4.98 Å². The van der Waals surface area contributed by atoms with Crippen LogP contribution in [0.4, 0.5) is 5.69 Å². The van der Waals surface area contributed by atoms with Crippen molar-refractivity contribution < 1.29 is 14.3 Å². The van der Waals surface area contributed by atoms with Crippen molar-refractivity contribution in [3.8, 4) is 11.5 Å². The molecule has 0 atom stereocenters. The van der Waals surface area contributed by atoms with Crippen molar-refractivity contribution in [3.05, 3.63) is 86.8 Å². The molecular formula is C25H23N3O4S. The summed E-state index contributed by atoms with van der Waals surface area (Å²) >= 11 is 1.59. The van der Waals surface area contributed by atoms with Crippen LogP contribution in [0.5, 0.6) is 11.5 Å². The summed E-state index contributed by atoms with van der Waals surface area (Å²) in [6.45, 7) is 0.125. The Hall–Kier alpha value is -3.65. The van der Waals surface area contributed by atoms with Gasteiger partial charge in [0, 0.05) is 22.2 Å². The van der Waals surface area contributed by atoms with E-state index in [4.69, 9.17) is 9.47 Å². The number of anilines is 1. The predicted molar refractivity (Wildman–Crippen MR) is 128 cm³/mol. The van der Waals surface area contributed by atoms with Crippen molar-refractivity contribution in [2.75, 3.05) is 12.4 Å². The van der Waals surface area contributed by atoms with E-state index in [1.807, 2.05) is 12.1 Å². The number of aryl methyl sites for hydroxylation is 2. The molecule has 1 N–H and O–H groups in total. The monoisotopic (exact) mass is 461 g/mol. The maximum atomic E-state index is 12.8. The Bertz CT molecular complexity index is 1390. The van der Waals surface area contributed by atoms with Gasteiger partial charge in [-0.15, -0.1) is 11.3 Å². The van der Waals surface area contributed by atoms with Crippen LogP contribution in [0.15, 0.2) is 59.4 Å². The number of thiazole rings is 1. The summed E-state index contributed by atoms with van der Waals surface area (Å²) in [5.74, 6) is 0.836. The largest absolute Gasteiger partial charge is 0.497 e. The molecule has 33 heavy (non-hydrogen) atoms. The quantitative estimate of drug-likeness (QED) is 0.458. The number of fused-ring (bicyclic) bond motifs is 3. The van der Waals surface area contributed by atoms with Gasteiger partial charge in [0.2, 0.25) is 0 Å². The average Bonchev–Trinajstić information content (AvgIpc) is 3.22. The lowest BCUT2D eigenvalue weighted by atomic mass is 10.0. The van der Waals surface area contributed by atoms with Crippen molar-refractivity contribution >= 4 is 27.9 Å². The number of rotatable bonds is 6. The number of nitrogens with one attached hydrogen (secondary N) is 1. The van der Waals surface area contributed by atoms with Crippen LogP contribution in [0.2, 0.25) is 0 Å². The van der Waals surface area contributed by atoms with Crippen LogP contribution in [0.1, 0.15) is 39.5 Å². The maximum Gasteiger partial charge on any atom is 0.259 e. The zero-order valence-corrected chi connectivity index (χ0v) is 19.0. The second kappa shape index (κ2) is 9.07. The minimum Gasteiger partial charge on any atom is -0.497 e. The maximum absolute atomic E-state index is 12.8. The van der Waals surface area contributed by atoms with Gasteiger partial charge in [0.1, 0.15) is 18.1 Å². The highest BCUT2D eigenvalue weighted by molar-refractivity contribution is 7.17. The van der Waals surface area contributed by atoms with Gasteiger partial charge in [-0.05, 0) is 56.0 Å². The van der Waals surface area contributed by atoms with Crippen molar-refractivity contribution in [3.63, 3.8) is 0 Å². The molecule has 168 valence electrons. The molecule has 0 spiro atoms. The fraction of sp³-hybridized carbons (Fsp3) is 0.240. The fourth-order valence-corrected chi connectivity index (χ4v) is 5.25. The predicted octanol–water partition coefficient (Wildman–Crippen LogP) is 4.47. The first-order valence-electron chi connectivity index (χ1n) is 10.8. The van der Waals surface area contributed by atoms with E-state index in [-0.39, 0.29) is 18.1 Å². The SMILES string of the molecule is COc1cccc(C(=O)Nc2ccccc2OCc2cc(=O)n3c4c(sc3n2)CCCC4)c1. The third-order valence-electron chi connectivity index (χ3n) is 5.66. The second-order valence-electron chi connectivity index (χ2n) is 7.85. The van der Waals surface area contributed by atoms with Gasteiger partial charge in [0.05, 0.1) is 18.5 Å². The summed E-state index contributed by atoms with van der Waals surface area (Å²) in [6, 6.07) is 15.7. The minimum absolute atomic E-state index is 0.0717. The van der Waals surface area contributed by atoms with Crippen LogP contribution >= 0.6 is 11.3 Å². The molecule has 2 heterocycles. The number of hydrogen-bond donors (Lipinski definition) is 1. The lowest BCUT2D eigenvalue weighted by Crippen LogP contribution is -2.18. The third kappa shape index (κ3) is 4.34. The van der Waals surface area contributed by atoms with Crippen LogP contribution in [0, 0.1) is 0 Å². The number of nitrogens with zero attached hydrogens (tertiary/aromatic N) is 2. The highest BCUT2D eigenvalue weighted by atomic mass is 32.1. The highest BCUT2D eigenvalue weighted by Gasteiger charge is 2.19. The van der Waals surface area contributed by atoms with Gasteiger partial charge in [0.15, 0.2) is 4.96 Å². The van der Waals surface area contributed by atoms with Gasteiger partial charge in [-0.1, -0.05) is 18.2 Å². The van der Waals surface area contributed by atoms with Gasteiger partial charge >= 0.3 is 0 Å². The normalized spacial score (nSPS) is 12.9. The van der Waals surface area contributed by atoms with Crippen LogP contribution in [-0.4, -0.2) is 22.4 Å². The van der Waals surface area contributed by atoms with E-state index in [2.05, 4.69) is 10.3 Å². The number of amides is 1. The molecule has 1 aliphatic rings. The number of aromatic nitrogens is 2. The molecule has 1 aliphatic carbocycles. The summed E-state index contributed by atoms with van der Waals surface area (Å²) in [4.78, 5) is 32.1. The zero-order chi connectivity index (χ0) is 22.8. The molecule has 8 heteroatoms. The summed E-state index contributed by atoms with van der Waals surface area (Å²) in [6.07, 6.45) is 4.19. The molecule has 0 saturated carbocycles. The molecular weight excluding hydrogens is 438 g/mol. The zero-order valence-electron chi connectivity index (χ0n) is 18.2. The molecule has 0 bridgehead atoms. The van der Waals surface area contributed by atoms with Crippen molar-refractivity contribution in [2.45, 2.75) is 32.3 Å². The Morgan fingerprint density at radius 3 is 2.85 bits per heavy atom. The number of ether oxygens (including phenoxy) is 2. The second-order valence-corrected chi connectivity index (χ2v) is 8.92. The molecule has 0 fully saturated rings. The Morgan fingerprint density at radius 1 is 1.12 bits per heavy atom. The Morgan fingerprint density at radius 2 is 1.97 bits per heavy atom. The standard InChI is InChI=1S/C25H23N3O4S/c1-31-18-8-6-7-16(13-18)24(30)27-19-9-2-4-11-21(19)32-15-17-14-23(29)28-20-10-3-5-12-22(20)33-25(28)26-17/h2,4,6-9,11,13-14H,3,5,10,12,15H2,1H3,(H,27,30). The summed E-state index contributed by atoms with van der Waals surface area (Å²) < 4.78 is 12.9. The van der Waals surface area contributed by atoms with Gasteiger partial charge in [-0.3, -0.25) is 14.0 Å². The lowest BCUT2D eigenvalue weighted by molar-refractivity contribution is 0.102. The molecule has 0 aliphatic heterocycles. The van der Waals surface area contributed by atoms with Crippen LogP contribution < -0.4 is 20.3 Å². The van der Waals surface area contributed by atoms with E-state index in [0.29, 0.717) is 33.4 Å². The van der Waals surface area contributed by atoms with Gasteiger partial charge < -0.3 is 14.8 Å². The molecule has 4 aromatic rings. The Labute approximate surface area is 194 Å². The molecule has 5 rings (SSSR count). The smallest absolute Gasteiger partial charge is 0.259 e. The number of benzene rings is 2. The first kappa shape index (κ1) is 21.2. The third-order valence-corrected chi connectivity index (χ3v) is 6.80. The van der Waals surface area contributed by atoms with Crippen LogP contribution in [-0.2, 0) is 19.4 Å². The molecule has 1 amide bonds. The van der Waals surface area contributed by atoms with Crippen molar-refractivity contribution in [2.24, 2.45) is 0 Å². The number of hydrogen-bond acceptors (Lipinski definition) is 6. The van der Waals surface area contributed by atoms with Crippen LogP contribution in [0.25, 0.3) is 4.96 Å². The topological polar surface area (TPSA) is 81.9 Å². The number of methoxy groups -OCH3 is 1. The highest BCUT2D eigenvalue weighted by Crippen LogP contribution is 2.29. The van der Waals surface area contributed by atoms with E-state index >= 15 is 0 Å². The first-order valence-corrected chi connectivity index (χ1v) is 11.6. The summed E-state index contributed by atoms with van der Waals surface area (Å²) in [7, 11) is 1.56. The van der Waals surface area contributed by atoms with Crippen LogP contribution in [0.3, 0.4) is 0 Å². The lowest BCUT2D eigenvalue weighted by Gasteiger charge is -2.13. The molecule has 7 nitrogen and oxygen atoms in total. The first-order chi connectivity index (χ1) is 16.1. The summed E-state index contributed by atoms with van der Waals surface area (Å²) in [5.41, 5.74) is 2.61. The molecule has 0 unspecified atom stereocenters. The van der Waals surface area contributed by atoms with Gasteiger partial charge in [-0.2, -0.15) is 0 Å². The molecule has 2 aromatic heterocycles. The van der Waals surface area contributed by atoms with E-state index in [9.17, 15) is 9.59 Å². The summed E-state index contributed by atoms with van der Waals surface area (Å²) in [5, 5.41) is 2.88. The van der Waals surface area contributed by atoms with E-state index in [1.165, 1.54) is 10.9 Å². The molecule has 0 radical (unpaired) electrons. The van der Waals surface area contributed by atoms with E-state index in [1.54, 1.807) is 59.2 Å². The minimum atomic E-state index is -0.271. The molecule has 0 saturated heterocycles. The Kier molecular flexibility index (Phi) is 5.83. The fourth-order valence-electron chi connectivity index (χ4n) is 4.02. The van der Waals surface area contributed by atoms with Crippen molar-refractivity contribution in [1.29, 1.82) is 0 Å². The number of carbonyl (C=O) groups excluding carboxylic acids is 1. The molecule has 2 aromatic carbocycles. The van der Waals surface area contributed by atoms with Crippen molar-refractivity contribution in [1.82, 2.24) is 9.38 Å². The van der Waals surface area contributed by atoms with Gasteiger partial charge in [0.25, 0.3) is 11.5 Å². The van der Waals surface area contributed by atoms with E-state index < -0.39 is 0 Å². The Balaban J connectivity index is 1.35.